The van der Waals surface area contributed by atoms with Gasteiger partial charge in [-0.05, 0) is 30.3 Å². The third-order valence-electron chi connectivity index (χ3n) is 2.90. The minimum atomic E-state index is -1.02. The number of nitrogens with zero attached hydrogens (tertiary/aromatic N) is 2. The molecular formula is C15H10N2O3S. The van der Waals surface area contributed by atoms with Crippen LogP contribution in [0, 0.1) is 0 Å². The number of aromatic carboxylic acids is 1. The number of carboxylic acids is 1. The molecule has 1 aromatic heterocycles. The number of benzene rings is 2. The van der Waals surface area contributed by atoms with Gasteiger partial charge in [-0.15, -0.1) is 21.6 Å². The van der Waals surface area contributed by atoms with E-state index in [1.54, 1.807) is 12.1 Å². The van der Waals surface area contributed by atoms with Gasteiger partial charge in [0.15, 0.2) is 10.8 Å². The largest absolute Gasteiger partial charge is 0.504 e. The van der Waals surface area contributed by atoms with Crippen LogP contribution in [0.25, 0.3) is 10.1 Å². The van der Waals surface area contributed by atoms with Crippen molar-refractivity contribution in [3.8, 4) is 5.75 Å². The summed E-state index contributed by atoms with van der Waals surface area (Å²) in [5.74, 6) is -0.925. The predicted molar refractivity (Wildman–Crippen MR) is 81.1 cm³/mol. The first-order valence-corrected chi connectivity index (χ1v) is 6.92. The van der Waals surface area contributed by atoms with Crippen LogP contribution in [-0.4, -0.2) is 16.2 Å². The normalized spacial score (nSPS) is 11.2. The Balaban J connectivity index is 1.96. The molecule has 0 spiro atoms. The van der Waals surface area contributed by atoms with Crippen molar-refractivity contribution >= 4 is 38.1 Å². The third kappa shape index (κ3) is 2.61. The molecule has 6 heteroatoms. The minimum Gasteiger partial charge on any atom is -0.504 e. The predicted octanol–water partition coefficient (Wildman–Crippen LogP) is 4.72. The Morgan fingerprint density at radius 1 is 1.05 bits per heavy atom. The van der Waals surface area contributed by atoms with Gasteiger partial charge in [0.05, 0.1) is 11.3 Å². The zero-order valence-corrected chi connectivity index (χ0v) is 11.5. The number of azo groups is 1. The molecule has 21 heavy (non-hydrogen) atoms. The van der Waals surface area contributed by atoms with Crippen molar-refractivity contribution in [1.82, 2.24) is 0 Å². The molecule has 0 amide bonds. The number of rotatable bonds is 3. The topological polar surface area (TPSA) is 82.2 Å². The number of thiophene rings is 1. The van der Waals surface area contributed by atoms with E-state index in [0.717, 1.165) is 10.1 Å². The van der Waals surface area contributed by atoms with Crippen molar-refractivity contribution in [2.24, 2.45) is 10.2 Å². The number of carbonyl (C=O) groups is 1. The first kappa shape index (κ1) is 13.3. The number of carboxylic acid groups (broad SMARTS) is 1. The van der Waals surface area contributed by atoms with E-state index in [2.05, 4.69) is 10.2 Å². The Bertz CT molecular complexity index is 855. The van der Waals surface area contributed by atoms with Crippen molar-refractivity contribution in [2.75, 3.05) is 0 Å². The Kier molecular flexibility index (Phi) is 3.37. The van der Waals surface area contributed by atoms with Gasteiger partial charge < -0.3 is 10.2 Å². The van der Waals surface area contributed by atoms with Crippen LogP contribution in [0.15, 0.2) is 58.8 Å². The summed E-state index contributed by atoms with van der Waals surface area (Å²) in [7, 11) is 0. The molecule has 2 N–H and O–H groups in total. The Hall–Kier alpha value is -2.73. The van der Waals surface area contributed by atoms with E-state index in [9.17, 15) is 9.90 Å². The Morgan fingerprint density at radius 3 is 2.62 bits per heavy atom. The molecule has 0 bridgehead atoms. The van der Waals surface area contributed by atoms with Gasteiger partial charge in [-0.2, -0.15) is 0 Å². The average Bonchev–Trinajstić information content (AvgIpc) is 2.82. The molecule has 5 nitrogen and oxygen atoms in total. The van der Waals surface area contributed by atoms with Crippen LogP contribution in [0.2, 0.25) is 0 Å². The first-order valence-electron chi connectivity index (χ1n) is 6.11. The summed E-state index contributed by atoms with van der Waals surface area (Å²) in [5, 5.41) is 28.1. The van der Waals surface area contributed by atoms with Gasteiger partial charge in [-0.3, -0.25) is 0 Å². The molecule has 0 aliphatic rings. The lowest BCUT2D eigenvalue weighted by Gasteiger charge is -1.95. The van der Waals surface area contributed by atoms with Crippen LogP contribution in [-0.2, 0) is 0 Å². The van der Waals surface area contributed by atoms with Gasteiger partial charge in [-0.1, -0.05) is 18.2 Å². The van der Waals surface area contributed by atoms with Crippen molar-refractivity contribution in [3.63, 3.8) is 0 Å². The van der Waals surface area contributed by atoms with E-state index in [1.807, 2.05) is 24.3 Å². The van der Waals surface area contributed by atoms with Crippen molar-refractivity contribution < 1.29 is 15.0 Å². The summed E-state index contributed by atoms with van der Waals surface area (Å²) in [6.07, 6.45) is 0. The summed E-state index contributed by atoms with van der Waals surface area (Å²) in [4.78, 5) is 10.9. The van der Waals surface area contributed by atoms with E-state index < -0.39 is 5.97 Å². The van der Waals surface area contributed by atoms with Crippen LogP contribution in [0.3, 0.4) is 0 Å². The van der Waals surface area contributed by atoms with Crippen molar-refractivity contribution in [3.05, 3.63) is 54.1 Å². The zero-order chi connectivity index (χ0) is 14.8. The summed E-state index contributed by atoms with van der Waals surface area (Å²) in [6, 6.07) is 13.6. The summed E-state index contributed by atoms with van der Waals surface area (Å²) >= 11 is 1.33. The van der Waals surface area contributed by atoms with Crippen LogP contribution in [0.4, 0.5) is 10.7 Å². The second kappa shape index (κ2) is 5.34. The summed E-state index contributed by atoms with van der Waals surface area (Å²) < 4.78 is 0.920. The van der Waals surface area contributed by atoms with Gasteiger partial charge >= 0.3 is 5.97 Å². The molecule has 3 aromatic rings. The fourth-order valence-electron chi connectivity index (χ4n) is 1.89. The SMILES string of the molecule is O=C(O)c1cccc(N=Nc2sc3ccccc3c2O)c1. The molecule has 0 aliphatic carbocycles. The molecule has 1 heterocycles. The maximum atomic E-state index is 10.9. The van der Waals surface area contributed by atoms with Crippen molar-refractivity contribution in [2.45, 2.75) is 0 Å². The van der Waals surface area contributed by atoms with Crippen LogP contribution in [0.5, 0.6) is 5.75 Å². The quantitative estimate of drug-likeness (QED) is 0.686. The molecular weight excluding hydrogens is 288 g/mol. The lowest BCUT2D eigenvalue weighted by Crippen LogP contribution is -1.94. The molecule has 2 aromatic carbocycles. The Labute approximate surface area is 123 Å². The molecule has 0 aliphatic heterocycles. The fourth-order valence-corrected chi connectivity index (χ4v) is 2.81. The molecule has 0 saturated carbocycles. The second-order valence-corrected chi connectivity index (χ2v) is 5.34. The molecule has 3 rings (SSSR count). The summed E-state index contributed by atoms with van der Waals surface area (Å²) in [6.45, 7) is 0. The van der Waals surface area contributed by atoms with E-state index in [4.69, 9.17) is 5.11 Å². The smallest absolute Gasteiger partial charge is 0.335 e. The average molecular weight is 298 g/mol. The molecule has 0 radical (unpaired) electrons. The van der Waals surface area contributed by atoms with Gasteiger partial charge in [0, 0.05) is 10.1 Å². The minimum absolute atomic E-state index is 0.0914. The van der Waals surface area contributed by atoms with E-state index in [-0.39, 0.29) is 11.3 Å². The highest BCUT2D eigenvalue weighted by Gasteiger charge is 2.10. The number of hydrogen-bond donors (Lipinski definition) is 2. The highest BCUT2D eigenvalue weighted by Crippen LogP contribution is 2.43. The number of fused-ring (bicyclic) bond motifs is 1. The highest BCUT2D eigenvalue weighted by atomic mass is 32.1. The monoisotopic (exact) mass is 298 g/mol. The highest BCUT2D eigenvalue weighted by molar-refractivity contribution is 7.23. The van der Waals surface area contributed by atoms with Gasteiger partial charge in [0.2, 0.25) is 0 Å². The van der Waals surface area contributed by atoms with Gasteiger partial charge in [0.25, 0.3) is 0 Å². The van der Waals surface area contributed by atoms with Crippen LogP contribution >= 0.6 is 11.3 Å². The molecule has 0 fully saturated rings. The third-order valence-corrected chi connectivity index (χ3v) is 3.95. The van der Waals surface area contributed by atoms with Crippen molar-refractivity contribution in [1.29, 1.82) is 0 Å². The maximum absolute atomic E-state index is 10.9. The number of hydrogen-bond acceptors (Lipinski definition) is 5. The second-order valence-electron chi connectivity index (χ2n) is 4.31. The van der Waals surface area contributed by atoms with E-state index in [1.165, 1.54) is 23.5 Å². The lowest BCUT2D eigenvalue weighted by atomic mass is 10.2. The fraction of sp³-hybridized carbons (Fsp3) is 0. The van der Waals surface area contributed by atoms with E-state index in [0.29, 0.717) is 10.7 Å². The van der Waals surface area contributed by atoms with Gasteiger partial charge in [-0.25, -0.2) is 4.79 Å². The summed E-state index contributed by atoms with van der Waals surface area (Å²) in [5.41, 5.74) is 0.568. The Morgan fingerprint density at radius 2 is 1.86 bits per heavy atom. The lowest BCUT2D eigenvalue weighted by molar-refractivity contribution is 0.0697. The van der Waals surface area contributed by atoms with Gasteiger partial charge in [0.1, 0.15) is 0 Å². The first-order chi connectivity index (χ1) is 10.1. The van der Waals surface area contributed by atoms with E-state index >= 15 is 0 Å². The molecule has 104 valence electrons. The molecule has 0 unspecified atom stereocenters. The number of aromatic hydroxyl groups is 1. The standard InChI is InChI=1S/C15H10N2O3S/c18-13-11-6-1-2-7-12(11)21-14(13)17-16-10-5-3-4-9(8-10)15(19)20/h1-8,18H,(H,19,20). The van der Waals surface area contributed by atoms with Crippen LogP contribution < -0.4 is 0 Å². The zero-order valence-electron chi connectivity index (χ0n) is 10.7. The van der Waals surface area contributed by atoms with Crippen LogP contribution in [0.1, 0.15) is 10.4 Å². The molecule has 0 saturated heterocycles. The molecule has 0 atom stereocenters. The maximum Gasteiger partial charge on any atom is 0.335 e.